The monoisotopic (exact) mass is 380 g/mol. The molecule has 0 fully saturated rings. The fourth-order valence-corrected chi connectivity index (χ4v) is 2.39. The van der Waals surface area contributed by atoms with E-state index >= 15 is 0 Å². The van der Waals surface area contributed by atoms with Crippen molar-refractivity contribution < 1.29 is 30.0 Å². The number of hydrogen-bond donors (Lipinski definition) is 6. The molecule has 0 radical (unpaired) electrons. The lowest BCUT2D eigenvalue weighted by Crippen LogP contribution is -2.13. The van der Waals surface area contributed by atoms with Crippen LogP contribution in [0.3, 0.4) is 0 Å². The third-order valence-corrected chi connectivity index (χ3v) is 3.86. The maximum Gasteiger partial charge on any atom is 0.255 e. The maximum atomic E-state index is 12.2. The molecule has 0 bridgehead atoms. The Morgan fingerprint density at radius 1 is 0.607 bits per heavy atom. The second kappa shape index (κ2) is 7.58. The number of anilines is 2. The van der Waals surface area contributed by atoms with E-state index in [4.69, 9.17) is 0 Å². The van der Waals surface area contributed by atoms with Crippen molar-refractivity contribution in [3.63, 3.8) is 0 Å². The van der Waals surface area contributed by atoms with Crippen molar-refractivity contribution in [2.24, 2.45) is 0 Å². The van der Waals surface area contributed by atoms with E-state index < -0.39 is 23.2 Å². The SMILES string of the molecule is O=C(Nc1ccc(NC(=O)c2cc(O)c(O)c(O)c2)cc1)c1ccc(O)cc1. The first kappa shape index (κ1) is 18.6. The van der Waals surface area contributed by atoms with Crippen molar-refractivity contribution in [3.05, 3.63) is 71.8 Å². The zero-order valence-electron chi connectivity index (χ0n) is 14.4. The fraction of sp³-hybridized carbons (Fsp3) is 0. The van der Waals surface area contributed by atoms with Gasteiger partial charge in [-0.2, -0.15) is 0 Å². The van der Waals surface area contributed by atoms with Crippen LogP contribution >= 0.6 is 0 Å². The molecular weight excluding hydrogens is 364 g/mol. The highest BCUT2D eigenvalue weighted by Crippen LogP contribution is 2.35. The molecule has 8 nitrogen and oxygen atoms in total. The second-order valence-corrected chi connectivity index (χ2v) is 5.90. The van der Waals surface area contributed by atoms with E-state index in [2.05, 4.69) is 10.6 Å². The van der Waals surface area contributed by atoms with E-state index in [1.54, 1.807) is 24.3 Å². The van der Waals surface area contributed by atoms with Crippen molar-refractivity contribution in [1.82, 2.24) is 0 Å². The minimum Gasteiger partial charge on any atom is -0.508 e. The molecule has 28 heavy (non-hydrogen) atoms. The number of carbonyl (C=O) groups excluding carboxylic acids is 2. The van der Waals surface area contributed by atoms with Crippen molar-refractivity contribution >= 4 is 23.2 Å². The number of carbonyl (C=O) groups is 2. The summed E-state index contributed by atoms with van der Waals surface area (Å²) in [4.78, 5) is 24.3. The Hall–Kier alpha value is -4.20. The average molecular weight is 380 g/mol. The summed E-state index contributed by atoms with van der Waals surface area (Å²) in [6.45, 7) is 0. The number of hydrogen-bond acceptors (Lipinski definition) is 6. The Kier molecular flexibility index (Phi) is 5.03. The maximum absolute atomic E-state index is 12.2. The summed E-state index contributed by atoms with van der Waals surface area (Å²) >= 11 is 0. The summed E-state index contributed by atoms with van der Waals surface area (Å²) < 4.78 is 0. The minimum absolute atomic E-state index is 0.0440. The third kappa shape index (κ3) is 4.13. The van der Waals surface area contributed by atoms with Crippen LogP contribution in [-0.4, -0.2) is 32.2 Å². The molecule has 0 aliphatic carbocycles. The molecule has 2 amide bonds. The molecule has 3 rings (SSSR count). The van der Waals surface area contributed by atoms with Gasteiger partial charge in [-0.1, -0.05) is 0 Å². The number of phenolic OH excluding ortho intramolecular Hbond substituents is 4. The molecule has 0 saturated heterocycles. The number of rotatable bonds is 4. The molecular formula is C20H16N2O6. The summed E-state index contributed by atoms with van der Waals surface area (Å²) in [5.74, 6) is -2.83. The predicted molar refractivity (Wildman–Crippen MR) is 102 cm³/mol. The van der Waals surface area contributed by atoms with Crippen molar-refractivity contribution in [1.29, 1.82) is 0 Å². The van der Waals surface area contributed by atoms with Gasteiger partial charge in [-0.15, -0.1) is 0 Å². The van der Waals surface area contributed by atoms with Gasteiger partial charge in [0.2, 0.25) is 0 Å². The summed E-state index contributed by atoms with van der Waals surface area (Å²) in [6.07, 6.45) is 0. The molecule has 0 saturated carbocycles. The Morgan fingerprint density at radius 3 is 1.50 bits per heavy atom. The van der Waals surface area contributed by atoms with Gasteiger partial charge >= 0.3 is 0 Å². The molecule has 0 heterocycles. The van der Waals surface area contributed by atoms with Gasteiger partial charge in [0.15, 0.2) is 17.2 Å². The van der Waals surface area contributed by atoms with Crippen LogP contribution in [0.25, 0.3) is 0 Å². The van der Waals surface area contributed by atoms with Gasteiger partial charge in [0.1, 0.15) is 5.75 Å². The van der Waals surface area contributed by atoms with E-state index in [1.165, 1.54) is 24.3 Å². The van der Waals surface area contributed by atoms with Crippen LogP contribution in [0.1, 0.15) is 20.7 Å². The molecule has 0 unspecified atom stereocenters. The fourth-order valence-electron chi connectivity index (χ4n) is 2.39. The third-order valence-electron chi connectivity index (χ3n) is 3.86. The summed E-state index contributed by atoms with van der Waals surface area (Å²) in [5, 5.41) is 42.8. The van der Waals surface area contributed by atoms with Crippen LogP contribution in [0.2, 0.25) is 0 Å². The topological polar surface area (TPSA) is 139 Å². The number of aromatic hydroxyl groups is 4. The smallest absolute Gasteiger partial charge is 0.255 e. The summed E-state index contributed by atoms with van der Waals surface area (Å²) in [5.41, 5.74) is 1.25. The highest BCUT2D eigenvalue weighted by molar-refractivity contribution is 6.06. The first-order valence-corrected chi connectivity index (χ1v) is 8.10. The Balaban J connectivity index is 1.66. The Labute approximate surface area is 159 Å². The largest absolute Gasteiger partial charge is 0.508 e. The van der Waals surface area contributed by atoms with Gasteiger partial charge in [0, 0.05) is 22.5 Å². The van der Waals surface area contributed by atoms with Gasteiger partial charge in [0.05, 0.1) is 0 Å². The molecule has 3 aromatic rings. The van der Waals surface area contributed by atoms with Crippen LogP contribution in [-0.2, 0) is 0 Å². The normalized spacial score (nSPS) is 10.3. The zero-order chi connectivity index (χ0) is 20.3. The number of phenols is 4. The van der Waals surface area contributed by atoms with Crippen molar-refractivity contribution in [2.45, 2.75) is 0 Å². The molecule has 0 atom stereocenters. The highest BCUT2D eigenvalue weighted by atomic mass is 16.3. The lowest BCUT2D eigenvalue weighted by atomic mass is 10.1. The van der Waals surface area contributed by atoms with E-state index in [-0.39, 0.29) is 17.2 Å². The molecule has 142 valence electrons. The van der Waals surface area contributed by atoms with Crippen LogP contribution in [0.15, 0.2) is 60.7 Å². The minimum atomic E-state index is -0.703. The first-order valence-electron chi connectivity index (χ1n) is 8.10. The first-order chi connectivity index (χ1) is 13.3. The number of nitrogens with one attached hydrogen (secondary N) is 2. The zero-order valence-corrected chi connectivity index (χ0v) is 14.4. The quantitative estimate of drug-likeness (QED) is 0.385. The summed E-state index contributed by atoms with van der Waals surface area (Å²) in [7, 11) is 0. The highest BCUT2D eigenvalue weighted by Gasteiger charge is 2.14. The van der Waals surface area contributed by atoms with Gasteiger partial charge in [0.25, 0.3) is 11.8 Å². The Bertz CT molecular complexity index is 1010. The van der Waals surface area contributed by atoms with Gasteiger partial charge in [-0.3, -0.25) is 9.59 Å². The van der Waals surface area contributed by atoms with Crippen molar-refractivity contribution in [2.75, 3.05) is 10.6 Å². The molecule has 0 spiro atoms. The Morgan fingerprint density at radius 2 is 1.04 bits per heavy atom. The summed E-state index contributed by atoms with van der Waals surface area (Å²) in [6, 6.07) is 14.1. The van der Waals surface area contributed by atoms with Gasteiger partial charge in [-0.05, 0) is 60.7 Å². The number of amides is 2. The van der Waals surface area contributed by atoms with E-state index in [0.717, 1.165) is 12.1 Å². The van der Waals surface area contributed by atoms with Gasteiger partial charge in [-0.25, -0.2) is 0 Å². The molecule has 8 heteroatoms. The standard InChI is InChI=1S/C20H16N2O6/c23-15-7-1-11(2-8-15)19(27)21-13-3-5-14(6-4-13)22-20(28)12-9-16(24)18(26)17(25)10-12/h1-10,23-26H,(H,21,27)(H,22,28). The lowest BCUT2D eigenvalue weighted by molar-refractivity contribution is 0.101. The average Bonchev–Trinajstić information content (AvgIpc) is 2.67. The van der Waals surface area contributed by atoms with Crippen LogP contribution < -0.4 is 10.6 Å². The van der Waals surface area contributed by atoms with E-state index in [9.17, 15) is 30.0 Å². The van der Waals surface area contributed by atoms with Crippen LogP contribution in [0, 0.1) is 0 Å². The molecule has 3 aromatic carbocycles. The van der Waals surface area contributed by atoms with Gasteiger partial charge < -0.3 is 31.1 Å². The van der Waals surface area contributed by atoms with E-state index in [0.29, 0.717) is 16.9 Å². The van der Waals surface area contributed by atoms with Crippen molar-refractivity contribution in [3.8, 4) is 23.0 Å². The lowest BCUT2D eigenvalue weighted by Gasteiger charge is -2.09. The second-order valence-electron chi connectivity index (χ2n) is 5.90. The predicted octanol–water partition coefficient (Wildman–Crippen LogP) is 3.01. The molecule has 0 aromatic heterocycles. The van der Waals surface area contributed by atoms with Crippen LogP contribution in [0.5, 0.6) is 23.0 Å². The van der Waals surface area contributed by atoms with E-state index in [1.807, 2.05) is 0 Å². The van der Waals surface area contributed by atoms with Crippen LogP contribution in [0.4, 0.5) is 11.4 Å². The number of benzene rings is 3. The molecule has 0 aliphatic heterocycles. The molecule has 6 N–H and O–H groups in total. The molecule has 0 aliphatic rings.